The molecule has 0 bridgehead atoms. The molecule has 4 heteroatoms. The third kappa shape index (κ3) is 5.21. The number of ether oxygens (including phenoxy) is 1. The summed E-state index contributed by atoms with van der Waals surface area (Å²) in [5.74, 6) is 0.618. The number of nitrogens with one attached hydrogen (secondary N) is 1. The summed E-state index contributed by atoms with van der Waals surface area (Å²) in [6.45, 7) is 4.76. The maximum Gasteiger partial charge on any atom is 0.137 e. The second-order valence-electron chi connectivity index (χ2n) is 5.22. The minimum Gasteiger partial charge on any atom is -0.381 e. The lowest BCUT2D eigenvalue weighted by atomic mass is 10.1. The Morgan fingerprint density at radius 1 is 1.47 bits per heavy atom. The number of rotatable bonds is 8. The van der Waals surface area contributed by atoms with E-state index in [9.17, 15) is 4.39 Å². The molecule has 1 fully saturated rings. The highest BCUT2D eigenvalue weighted by Gasteiger charge is 2.20. The molecule has 0 aromatic heterocycles. The normalized spacial score (nSPS) is 16.6. The van der Waals surface area contributed by atoms with Gasteiger partial charge in [0.2, 0.25) is 0 Å². The lowest BCUT2D eigenvalue weighted by molar-refractivity contribution is 0.121. The summed E-state index contributed by atoms with van der Waals surface area (Å²) < 4.78 is 19.2. The smallest absolute Gasteiger partial charge is 0.137 e. The maximum atomic E-state index is 13.1. The van der Waals surface area contributed by atoms with Crippen molar-refractivity contribution in [2.75, 3.05) is 19.8 Å². The molecule has 2 nitrogen and oxygen atoms in total. The SMILES string of the molecule is CC(NCCCOCC1CC1)c1ccc(F)c(Br)c1. The van der Waals surface area contributed by atoms with Crippen molar-refractivity contribution in [1.82, 2.24) is 5.32 Å². The number of halogens is 2. The van der Waals surface area contributed by atoms with Crippen LogP contribution >= 0.6 is 15.9 Å². The molecule has 1 saturated carbocycles. The molecule has 1 unspecified atom stereocenters. The van der Waals surface area contributed by atoms with Crippen molar-refractivity contribution in [2.45, 2.75) is 32.2 Å². The Morgan fingerprint density at radius 2 is 2.26 bits per heavy atom. The molecule has 0 saturated heterocycles. The Kier molecular flexibility index (Phi) is 5.79. The zero-order valence-corrected chi connectivity index (χ0v) is 12.9. The van der Waals surface area contributed by atoms with Crippen molar-refractivity contribution in [3.05, 3.63) is 34.1 Å². The molecule has 0 heterocycles. The van der Waals surface area contributed by atoms with Gasteiger partial charge in [-0.05, 0) is 72.3 Å². The third-order valence-electron chi connectivity index (χ3n) is 3.41. The second-order valence-corrected chi connectivity index (χ2v) is 6.08. The second kappa shape index (κ2) is 7.36. The van der Waals surface area contributed by atoms with E-state index >= 15 is 0 Å². The molecule has 0 amide bonds. The average Bonchev–Trinajstić information content (AvgIpc) is 3.20. The van der Waals surface area contributed by atoms with E-state index in [1.165, 1.54) is 18.9 Å². The Hall–Kier alpha value is -0.450. The summed E-state index contributed by atoms with van der Waals surface area (Å²) in [4.78, 5) is 0. The van der Waals surface area contributed by atoms with Crippen molar-refractivity contribution in [2.24, 2.45) is 5.92 Å². The van der Waals surface area contributed by atoms with Crippen LogP contribution in [-0.2, 0) is 4.74 Å². The standard InChI is InChI=1S/C15H21BrFNO/c1-11(13-5-6-15(17)14(16)9-13)18-7-2-8-19-10-12-3-4-12/h5-6,9,11-12,18H,2-4,7-8,10H2,1H3. The van der Waals surface area contributed by atoms with Crippen molar-refractivity contribution >= 4 is 15.9 Å². The van der Waals surface area contributed by atoms with Crippen molar-refractivity contribution in [3.8, 4) is 0 Å². The van der Waals surface area contributed by atoms with Crippen LogP contribution in [0.5, 0.6) is 0 Å². The topological polar surface area (TPSA) is 21.3 Å². The number of hydrogen-bond donors (Lipinski definition) is 1. The van der Waals surface area contributed by atoms with Crippen LogP contribution < -0.4 is 5.32 Å². The van der Waals surface area contributed by atoms with Crippen molar-refractivity contribution in [3.63, 3.8) is 0 Å². The molecular weight excluding hydrogens is 309 g/mol. The molecule has 1 N–H and O–H groups in total. The average molecular weight is 330 g/mol. The first-order valence-electron chi connectivity index (χ1n) is 6.93. The number of benzene rings is 1. The van der Waals surface area contributed by atoms with Gasteiger partial charge in [-0.2, -0.15) is 0 Å². The highest BCUT2D eigenvalue weighted by molar-refractivity contribution is 9.10. The predicted molar refractivity (Wildman–Crippen MR) is 78.7 cm³/mol. The first kappa shape index (κ1) is 14.9. The molecule has 2 rings (SSSR count). The summed E-state index contributed by atoms with van der Waals surface area (Å²) in [5.41, 5.74) is 1.09. The van der Waals surface area contributed by atoms with Gasteiger partial charge in [0.25, 0.3) is 0 Å². The molecule has 1 aliphatic carbocycles. The highest BCUT2D eigenvalue weighted by atomic mass is 79.9. The summed E-state index contributed by atoms with van der Waals surface area (Å²) in [7, 11) is 0. The third-order valence-corrected chi connectivity index (χ3v) is 4.02. The van der Waals surface area contributed by atoms with Gasteiger partial charge < -0.3 is 10.1 Å². The van der Waals surface area contributed by atoms with Gasteiger partial charge in [-0.25, -0.2) is 4.39 Å². The van der Waals surface area contributed by atoms with Gasteiger partial charge in [0.15, 0.2) is 0 Å². The molecule has 1 atom stereocenters. The summed E-state index contributed by atoms with van der Waals surface area (Å²) in [5, 5.41) is 3.43. The Balaban J connectivity index is 1.62. The van der Waals surface area contributed by atoms with E-state index in [0.717, 1.165) is 37.7 Å². The van der Waals surface area contributed by atoms with E-state index in [2.05, 4.69) is 28.2 Å². The molecule has 1 aliphatic rings. The van der Waals surface area contributed by atoms with Gasteiger partial charge in [-0.3, -0.25) is 0 Å². The van der Waals surface area contributed by atoms with E-state index in [4.69, 9.17) is 4.74 Å². The molecule has 19 heavy (non-hydrogen) atoms. The lowest BCUT2D eigenvalue weighted by Gasteiger charge is -2.14. The minimum absolute atomic E-state index is 0.218. The number of hydrogen-bond acceptors (Lipinski definition) is 2. The van der Waals surface area contributed by atoms with Gasteiger partial charge in [-0.1, -0.05) is 6.07 Å². The van der Waals surface area contributed by atoms with Gasteiger partial charge >= 0.3 is 0 Å². The van der Waals surface area contributed by atoms with E-state index in [-0.39, 0.29) is 11.9 Å². The zero-order chi connectivity index (χ0) is 13.7. The van der Waals surface area contributed by atoms with Crippen molar-refractivity contribution in [1.29, 1.82) is 0 Å². The summed E-state index contributed by atoms with van der Waals surface area (Å²) in [6, 6.07) is 5.37. The molecular formula is C15H21BrFNO. The van der Waals surface area contributed by atoms with Crippen LogP contribution in [0, 0.1) is 11.7 Å². The maximum absolute atomic E-state index is 13.1. The van der Waals surface area contributed by atoms with E-state index in [1.54, 1.807) is 0 Å². The summed E-state index contributed by atoms with van der Waals surface area (Å²) >= 11 is 3.21. The molecule has 1 aromatic rings. The molecule has 0 radical (unpaired) electrons. The Morgan fingerprint density at radius 3 is 2.95 bits per heavy atom. The Bertz CT molecular complexity index is 409. The Labute approximate surface area is 122 Å². The van der Waals surface area contributed by atoms with Crippen LogP contribution in [0.15, 0.2) is 22.7 Å². The lowest BCUT2D eigenvalue weighted by Crippen LogP contribution is -2.21. The van der Waals surface area contributed by atoms with E-state index < -0.39 is 0 Å². The fraction of sp³-hybridized carbons (Fsp3) is 0.600. The quantitative estimate of drug-likeness (QED) is 0.726. The van der Waals surface area contributed by atoms with Crippen LogP contribution in [0.2, 0.25) is 0 Å². The summed E-state index contributed by atoms with van der Waals surface area (Å²) in [6.07, 6.45) is 3.70. The first-order chi connectivity index (χ1) is 9.16. The van der Waals surface area contributed by atoms with Gasteiger partial charge in [0.05, 0.1) is 4.47 Å². The fourth-order valence-corrected chi connectivity index (χ4v) is 2.32. The van der Waals surface area contributed by atoms with Crippen LogP contribution in [0.4, 0.5) is 4.39 Å². The zero-order valence-electron chi connectivity index (χ0n) is 11.3. The fourth-order valence-electron chi connectivity index (χ4n) is 1.93. The van der Waals surface area contributed by atoms with Crippen LogP contribution in [0.3, 0.4) is 0 Å². The molecule has 0 spiro atoms. The van der Waals surface area contributed by atoms with Gasteiger partial charge in [0, 0.05) is 19.3 Å². The van der Waals surface area contributed by atoms with E-state index in [1.807, 2.05) is 12.1 Å². The largest absolute Gasteiger partial charge is 0.381 e. The van der Waals surface area contributed by atoms with Crippen LogP contribution in [0.25, 0.3) is 0 Å². The first-order valence-corrected chi connectivity index (χ1v) is 7.72. The van der Waals surface area contributed by atoms with Crippen LogP contribution in [-0.4, -0.2) is 19.8 Å². The molecule has 1 aromatic carbocycles. The van der Waals surface area contributed by atoms with Crippen LogP contribution in [0.1, 0.15) is 37.8 Å². The van der Waals surface area contributed by atoms with E-state index in [0.29, 0.717) is 4.47 Å². The van der Waals surface area contributed by atoms with Crippen molar-refractivity contribution < 1.29 is 9.13 Å². The van der Waals surface area contributed by atoms with Gasteiger partial charge in [0.1, 0.15) is 5.82 Å². The molecule has 0 aliphatic heterocycles. The minimum atomic E-state index is -0.218. The molecule has 106 valence electrons. The van der Waals surface area contributed by atoms with Gasteiger partial charge in [-0.15, -0.1) is 0 Å². The monoisotopic (exact) mass is 329 g/mol. The highest BCUT2D eigenvalue weighted by Crippen LogP contribution is 2.28. The predicted octanol–water partition coefficient (Wildman–Crippen LogP) is 4.06.